The van der Waals surface area contributed by atoms with Crippen LogP contribution in [0.4, 0.5) is 16.4 Å². The average Bonchev–Trinajstić information content (AvgIpc) is 2.70. The number of ether oxygens (including phenoxy) is 5. The van der Waals surface area contributed by atoms with E-state index in [1.165, 1.54) is 13.2 Å². The summed E-state index contributed by atoms with van der Waals surface area (Å²) in [5, 5.41) is 12.4. The number of imide groups is 1. The number of carbonyl (C=O) groups excluding carboxylic acids is 7. The molecule has 1 aromatic heterocycles. The van der Waals surface area contributed by atoms with Gasteiger partial charge in [-0.3, -0.25) is 28.9 Å². The zero-order valence-corrected chi connectivity index (χ0v) is 43.6. The van der Waals surface area contributed by atoms with Crippen LogP contribution in [0, 0.1) is 29.6 Å². The normalized spacial score (nSPS) is 21.9. The molecule has 0 radical (unpaired) electrons. The third-order valence-corrected chi connectivity index (χ3v) is 14.8. The number of aliphatic hydroxyl groups excluding tert-OH is 1. The van der Waals surface area contributed by atoms with Gasteiger partial charge in [-0.15, -0.1) is 0 Å². The molecule has 4 aliphatic rings. The highest BCUT2D eigenvalue weighted by atomic mass is 16.6. The number of aromatic nitrogens is 2. The smallest absolute Gasteiger partial charge is 0.329 e. The Morgan fingerprint density at radius 2 is 1.40 bits per heavy atom. The maximum atomic E-state index is 16.9. The SMILES string of the molecule is COC(=O)C(CC#Cc1ccc2c(c1)[C@]1(C(=O)N2C(=O)N[C@H](C(=O)OC)C(C)C)[C@H](c2ccc(OCCO)cc2)N2[C@H](c3ccccc3)[C@H](c3ccccc3)OC(=O)[C@H]2[C@@H]1C(=O)N1CCN(c2ncccn2)CC1)C(=O)OC. The van der Waals surface area contributed by atoms with Crippen molar-refractivity contribution in [2.75, 3.05) is 70.5 Å². The highest BCUT2D eigenvalue weighted by Gasteiger charge is 2.76. The summed E-state index contributed by atoms with van der Waals surface area (Å²) in [7, 11) is 3.45. The number of carbonyl (C=O) groups is 7. The van der Waals surface area contributed by atoms with Gasteiger partial charge in [-0.2, -0.15) is 0 Å². The minimum atomic E-state index is -2.21. The Kier molecular flexibility index (Phi) is 16.2. The molecule has 0 bridgehead atoms. The fourth-order valence-electron chi connectivity index (χ4n) is 11.3. The van der Waals surface area contributed by atoms with Gasteiger partial charge in [-0.1, -0.05) is 98.5 Å². The molecule has 5 heterocycles. The standard InChI is InChI=1S/C58H59N7O13/c1-35(2)45(53(70)76-5)61-57(73)64-43-25-20-36(14-12-19-41(51(68)74-3)52(69)75-4)34-42(43)58(55(64)72)44(50(67)62-28-30-63(31-29-62)56-59-26-13-27-60-56)47-54(71)78-48(38-17-10-7-11-18-38)46(37-15-8-6-9-16-37)65(47)49(58)39-21-23-40(24-22-39)77-33-32-66/h6-11,13,15-18,20-27,34-35,41,44-49,66H,19,28-33H2,1-5H3,(H,61,73)/t44-,45+,46-,47-,48+,49+,58-/m1/s1. The number of aliphatic hydroxyl groups is 1. The lowest BCUT2D eigenvalue weighted by molar-refractivity contribution is -0.179. The summed E-state index contributed by atoms with van der Waals surface area (Å²) in [4.78, 5) is 118. The highest BCUT2D eigenvalue weighted by Crippen LogP contribution is 2.66. The van der Waals surface area contributed by atoms with Crippen LogP contribution in [0.2, 0.25) is 0 Å². The Morgan fingerprint density at radius 1 is 0.769 bits per heavy atom. The number of nitrogens with one attached hydrogen (secondary N) is 1. The van der Waals surface area contributed by atoms with Crippen LogP contribution in [0.1, 0.15) is 66.3 Å². The lowest BCUT2D eigenvalue weighted by atomic mass is 9.64. The summed E-state index contributed by atoms with van der Waals surface area (Å²) in [6, 6.07) is 25.7. The van der Waals surface area contributed by atoms with Gasteiger partial charge in [0.2, 0.25) is 17.8 Å². The second-order valence-corrected chi connectivity index (χ2v) is 19.4. The van der Waals surface area contributed by atoms with E-state index in [2.05, 4.69) is 27.1 Å². The molecule has 5 aromatic rings. The van der Waals surface area contributed by atoms with Crippen LogP contribution in [0.15, 0.2) is 122 Å². The molecule has 9 rings (SSSR count). The number of piperazine rings is 1. The molecular formula is C58H59N7O13. The van der Waals surface area contributed by atoms with E-state index in [4.69, 9.17) is 23.7 Å². The number of fused-ring (bicyclic) bond motifs is 3. The van der Waals surface area contributed by atoms with Crippen molar-refractivity contribution < 1.29 is 62.4 Å². The molecule has 2 N–H and O–H groups in total. The van der Waals surface area contributed by atoms with E-state index in [1.54, 1.807) is 73.6 Å². The molecule has 1 spiro atoms. The van der Waals surface area contributed by atoms with E-state index in [9.17, 15) is 19.5 Å². The van der Waals surface area contributed by atoms with Crippen LogP contribution in [0.25, 0.3) is 0 Å². The number of urea groups is 1. The zero-order chi connectivity index (χ0) is 55.3. The van der Waals surface area contributed by atoms with Crippen LogP contribution in [-0.4, -0.2) is 139 Å². The maximum absolute atomic E-state index is 16.9. The van der Waals surface area contributed by atoms with Crippen molar-refractivity contribution in [3.05, 3.63) is 149 Å². The molecule has 4 aliphatic heterocycles. The van der Waals surface area contributed by atoms with Gasteiger partial charge in [-0.25, -0.2) is 24.5 Å². The minimum absolute atomic E-state index is 0.0233. The van der Waals surface area contributed by atoms with E-state index >= 15 is 19.2 Å². The third-order valence-electron chi connectivity index (χ3n) is 14.8. The Labute approximate surface area is 450 Å². The molecule has 4 amide bonds. The number of cyclic esters (lactones) is 1. The van der Waals surface area contributed by atoms with Crippen molar-refractivity contribution in [2.45, 2.75) is 56.0 Å². The van der Waals surface area contributed by atoms with Crippen molar-refractivity contribution in [3.8, 4) is 17.6 Å². The number of hydrogen-bond donors (Lipinski definition) is 2. The summed E-state index contributed by atoms with van der Waals surface area (Å²) < 4.78 is 27.3. The van der Waals surface area contributed by atoms with E-state index in [0.717, 1.165) is 19.1 Å². The van der Waals surface area contributed by atoms with Crippen LogP contribution in [-0.2, 0) is 53.1 Å². The molecular weight excluding hydrogens is 1000 g/mol. The van der Waals surface area contributed by atoms with Crippen molar-refractivity contribution in [1.29, 1.82) is 0 Å². The van der Waals surface area contributed by atoms with E-state index in [1.807, 2.05) is 70.5 Å². The molecule has 4 aromatic carbocycles. The first-order valence-electron chi connectivity index (χ1n) is 25.5. The van der Waals surface area contributed by atoms with Crippen LogP contribution < -0.4 is 19.9 Å². The van der Waals surface area contributed by atoms with Crippen molar-refractivity contribution in [3.63, 3.8) is 0 Å². The summed E-state index contributed by atoms with van der Waals surface area (Å²) in [5.74, 6) is -1.58. The summed E-state index contributed by atoms with van der Waals surface area (Å²) >= 11 is 0. The van der Waals surface area contributed by atoms with Gasteiger partial charge in [0.25, 0.3) is 0 Å². The molecule has 20 heteroatoms. The van der Waals surface area contributed by atoms with Crippen LogP contribution >= 0.6 is 0 Å². The molecule has 3 saturated heterocycles. The van der Waals surface area contributed by atoms with Crippen molar-refractivity contribution in [2.24, 2.45) is 17.8 Å². The number of benzene rings is 4. The Bertz CT molecular complexity index is 3090. The zero-order valence-electron chi connectivity index (χ0n) is 43.6. The number of morpholine rings is 1. The Morgan fingerprint density at radius 3 is 2.00 bits per heavy atom. The summed E-state index contributed by atoms with van der Waals surface area (Å²) in [5.41, 5.74) is -0.0590. The monoisotopic (exact) mass is 1060 g/mol. The first-order valence-corrected chi connectivity index (χ1v) is 25.5. The quantitative estimate of drug-likeness (QED) is 0.0675. The van der Waals surface area contributed by atoms with Crippen molar-refractivity contribution >= 4 is 53.4 Å². The number of amides is 4. The van der Waals surface area contributed by atoms with E-state index < -0.39 is 95.2 Å². The number of rotatable bonds is 14. The minimum Gasteiger partial charge on any atom is -0.491 e. The summed E-state index contributed by atoms with van der Waals surface area (Å²) in [6.07, 6.45) is 1.91. The van der Waals surface area contributed by atoms with Gasteiger partial charge < -0.3 is 43.9 Å². The predicted molar refractivity (Wildman–Crippen MR) is 280 cm³/mol. The fraction of sp³-hybridized carbons (Fsp3) is 0.362. The molecule has 0 aliphatic carbocycles. The molecule has 20 nitrogen and oxygen atoms in total. The van der Waals surface area contributed by atoms with Crippen LogP contribution in [0.5, 0.6) is 5.75 Å². The molecule has 78 heavy (non-hydrogen) atoms. The first-order chi connectivity index (χ1) is 37.8. The lowest BCUT2D eigenvalue weighted by Gasteiger charge is -2.46. The van der Waals surface area contributed by atoms with E-state index in [0.29, 0.717) is 28.4 Å². The van der Waals surface area contributed by atoms with Gasteiger partial charge >= 0.3 is 29.9 Å². The average molecular weight is 1060 g/mol. The second-order valence-electron chi connectivity index (χ2n) is 19.4. The van der Waals surface area contributed by atoms with Crippen molar-refractivity contribution in [1.82, 2.24) is 25.1 Å². The topological polar surface area (TPSA) is 237 Å². The lowest BCUT2D eigenvalue weighted by Crippen LogP contribution is -2.60. The van der Waals surface area contributed by atoms with Gasteiger partial charge in [0.05, 0.1) is 51.6 Å². The second kappa shape index (κ2) is 23.3. The highest BCUT2D eigenvalue weighted by molar-refractivity contribution is 6.25. The van der Waals surface area contributed by atoms with Gasteiger partial charge in [0.15, 0.2) is 5.92 Å². The number of esters is 4. The summed E-state index contributed by atoms with van der Waals surface area (Å²) in [6.45, 7) is 3.93. The number of hydrogen-bond acceptors (Lipinski definition) is 17. The molecule has 3 fully saturated rings. The van der Waals surface area contributed by atoms with Gasteiger partial charge in [-0.05, 0) is 64.6 Å². The largest absolute Gasteiger partial charge is 0.491 e. The maximum Gasteiger partial charge on any atom is 0.329 e. The molecule has 0 unspecified atom stereocenters. The number of methoxy groups -OCH3 is 3. The fourth-order valence-corrected chi connectivity index (χ4v) is 11.3. The van der Waals surface area contributed by atoms with E-state index in [-0.39, 0.29) is 62.6 Å². The number of anilines is 2. The van der Waals surface area contributed by atoms with Crippen LogP contribution in [0.3, 0.4) is 0 Å². The molecule has 0 saturated carbocycles. The predicted octanol–water partition coefficient (Wildman–Crippen LogP) is 4.47. The van der Waals surface area contributed by atoms with Gasteiger partial charge in [0, 0.05) is 50.6 Å². The van der Waals surface area contributed by atoms with Gasteiger partial charge in [0.1, 0.15) is 36.0 Å². The Hall–Kier alpha value is -8.67. The first kappa shape index (κ1) is 54.1. The number of nitrogens with zero attached hydrogens (tertiary/aromatic N) is 6. The molecule has 7 atom stereocenters. The molecule has 404 valence electrons. The Balaban J connectivity index is 1.33. The third kappa shape index (κ3) is 9.97.